The lowest BCUT2D eigenvalue weighted by Gasteiger charge is -2.27. The van der Waals surface area contributed by atoms with Gasteiger partial charge >= 0.3 is 0 Å². The van der Waals surface area contributed by atoms with Gasteiger partial charge in [-0.25, -0.2) is 9.82 Å². The van der Waals surface area contributed by atoms with Gasteiger partial charge in [0.05, 0.1) is 6.04 Å². The number of hydrogen-bond donors (Lipinski definition) is 3. The van der Waals surface area contributed by atoms with Crippen molar-refractivity contribution in [2.45, 2.75) is 39.2 Å². The minimum atomic E-state index is -0.213. The third-order valence-electron chi connectivity index (χ3n) is 5.08. The van der Waals surface area contributed by atoms with E-state index >= 15 is 0 Å². The maximum absolute atomic E-state index is 13.5. The van der Waals surface area contributed by atoms with Crippen molar-refractivity contribution in [2.75, 3.05) is 13.1 Å². The minimum Gasteiger partial charge on any atom is -0.317 e. The average Bonchev–Trinajstić information content (AvgIpc) is 3.04. The molecule has 0 saturated carbocycles. The summed E-state index contributed by atoms with van der Waals surface area (Å²) in [5.41, 5.74) is 5.51. The van der Waals surface area contributed by atoms with Crippen LogP contribution in [0.25, 0.3) is 10.8 Å². The number of hydrogen-bond acceptors (Lipinski definition) is 4. The Hall–Kier alpha value is -1.95. The first-order valence-electron chi connectivity index (χ1n) is 9.54. The normalized spacial score (nSPS) is 20.7. The topological polar surface area (TPSA) is 47.5 Å². The molecule has 1 unspecified atom stereocenters. The molecule has 2 aromatic rings. The summed E-state index contributed by atoms with van der Waals surface area (Å²) in [6.45, 7) is 6.05. The van der Waals surface area contributed by atoms with Crippen molar-refractivity contribution in [3.63, 3.8) is 0 Å². The Morgan fingerprint density at radius 2 is 1.81 bits per heavy atom. The van der Waals surface area contributed by atoms with Crippen molar-refractivity contribution in [3.05, 3.63) is 59.6 Å². The van der Waals surface area contributed by atoms with Crippen LogP contribution in [0.5, 0.6) is 0 Å². The van der Waals surface area contributed by atoms with E-state index in [1.807, 2.05) is 32.2 Å². The van der Waals surface area contributed by atoms with E-state index in [0.29, 0.717) is 5.92 Å². The summed E-state index contributed by atoms with van der Waals surface area (Å²) in [5, 5.41) is 16.3. The smallest absolute Gasteiger partial charge is 0.123 e. The second kappa shape index (κ2) is 8.62. The Morgan fingerprint density at radius 1 is 1.08 bits per heavy atom. The Bertz CT molecular complexity index is 771. The number of benzene rings is 2. The molecule has 2 aliphatic heterocycles. The van der Waals surface area contributed by atoms with E-state index in [9.17, 15) is 9.60 Å². The zero-order valence-corrected chi connectivity index (χ0v) is 15.5. The lowest BCUT2D eigenvalue weighted by atomic mass is 9.84. The highest BCUT2D eigenvalue weighted by atomic mass is 19.1. The fourth-order valence-corrected chi connectivity index (χ4v) is 3.84. The lowest BCUT2D eigenvalue weighted by Crippen LogP contribution is -2.38. The molecule has 4 nitrogen and oxygen atoms in total. The monoisotopic (exact) mass is 357 g/mol. The number of rotatable bonds is 3. The largest absolute Gasteiger partial charge is 0.317 e. The number of fused-ring (bicyclic) bond motifs is 1. The molecule has 3 N–H and O–H groups in total. The fraction of sp³-hybridized carbons (Fsp3) is 0.429. The van der Waals surface area contributed by atoms with Crippen LogP contribution in [0.15, 0.2) is 48.2 Å². The van der Waals surface area contributed by atoms with E-state index in [2.05, 4.69) is 16.8 Å². The molecule has 5 heteroatoms. The number of piperidine rings is 1. The van der Waals surface area contributed by atoms with Crippen LogP contribution >= 0.6 is 0 Å². The number of nitrogens with zero attached hydrogens (tertiary/aromatic N) is 1. The molecule has 0 bridgehead atoms. The van der Waals surface area contributed by atoms with Crippen LogP contribution < -0.4 is 10.7 Å². The molecule has 4 rings (SSSR count). The molecule has 2 aromatic carbocycles. The molecule has 2 aliphatic rings. The maximum atomic E-state index is 13.5. The van der Waals surface area contributed by atoms with Gasteiger partial charge in [-0.3, -0.25) is 5.21 Å². The highest BCUT2D eigenvalue weighted by Gasteiger charge is 2.30. The summed E-state index contributed by atoms with van der Waals surface area (Å²) < 4.78 is 13.5. The Kier molecular flexibility index (Phi) is 6.25. The average molecular weight is 357 g/mol. The summed E-state index contributed by atoms with van der Waals surface area (Å²) in [6, 6.07) is 11.1. The predicted molar refractivity (Wildman–Crippen MR) is 103 cm³/mol. The third kappa shape index (κ3) is 4.23. The van der Waals surface area contributed by atoms with Gasteiger partial charge in [-0.15, -0.1) is 0 Å². The van der Waals surface area contributed by atoms with Crippen LogP contribution in [-0.2, 0) is 6.42 Å². The highest BCUT2D eigenvalue weighted by Crippen LogP contribution is 2.29. The molecule has 0 spiro atoms. The molecule has 26 heavy (non-hydrogen) atoms. The second-order valence-electron chi connectivity index (χ2n) is 6.71. The van der Waals surface area contributed by atoms with Crippen molar-refractivity contribution in [1.29, 1.82) is 0 Å². The van der Waals surface area contributed by atoms with Gasteiger partial charge in [0.1, 0.15) is 5.82 Å². The van der Waals surface area contributed by atoms with Gasteiger partial charge in [-0.1, -0.05) is 38.1 Å². The van der Waals surface area contributed by atoms with Crippen LogP contribution in [0.4, 0.5) is 4.39 Å². The van der Waals surface area contributed by atoms with Gasteiger partial charge in [0.25, 0.3) is 0 Å². The zero-order valence-electron chi connectivity index (χ0n) is 15.5. The first-order chi connectivity index (χ1) is 12.7. The van der Waals surface area contributed by atoms with Crippen molar-refractivity contribution in [1.82, 2.24) is 15.9 Å². The number of hydrazine groups is 1. The highest BCUT2D eigenvalue weighted by molar-refractivity contribution is 5.83. The first kappa shape index (κ1) is 18.8. The van der Waals surface area contributed by atoms with Gasteiger partial charge in [0, 0.05) is 6.20 Å². The van der Waals surface area contributed by atoms with Crippen molar-refractivity contribution in [3.8, 4) is 0 Å². The van der Waals surface area contributed by atoms with Crippen LogP contribution in [0.1, 0.15) is 32.3 Å². The van der Waals surface area contributed by atoms with Crippen LogP contribution in [0.2, 0.25) is 0 Å². The van der Waals surface area contributed by atoms with Crippen LogP contribution in [0.3, 0.4) is 0 Å². The maximum Gasteiger partial charge on any atom is 0.123 e. The zero-order chi connectivity index (χ0) is 18.5. The van der Waals surface area contributed by atoms with Gasteiger partial charge < -0.3 is 5.32 Å². The number of hydroxylamine groups is 1. The second-order valence-corrected chi connectivity index (χ2v) is 6.71. The predicted octanol–water partition coefficient (Wildman–Crippen LogP) is 4.01. The van der Waals surface area contributed by atoms with Crippen LogP contribution in [-0.4, -0.2) is 29.5 Å². The fourth-order valence-electron chi connectivity index (χ4n) is 3.84. The van der Waals surface area contributed by atoms with Gasteiger partial charge in [0.2, 0.25) is 0 Å². The van der Waals surface area contributed by atoms with E-state index in [-0.39, 0.29) is 11.9 Å². The Labute approximate surface area is 154 Å². The molecule has 140 valence electrons. The molecule has 1 saturated heterocycles. The number of nitrogens with one attached hydrogen (secondary N) is 2. The van der Waals surface area contributed by atoms with Gasteiger partial charge in [0.15, 0.2) is 0 Å². The SMILES string of the molecule is CC.ON1C=C(C2CCNCC2)C(Cc2ccc3ccc(F)cc3c2)N1. The first-order valence-corrected chi connectivity index (χ1v) is 9.54. The van der Waals surface area contributed by atoms with E-state index < -0.39 is 0 Å². The summed E-state index contributed by atoms with van der Waals surface area (Å²) >= 11 is 0. The molecule has 0 amide bonds. The third-order valence-corrected chi connectivity index (χ3v) is 5.08. The summed E-state index contributed by atoms with van der Waals surface area (Å²) in [5.74, 6) is 0.286. The molecule has 2 heterocycles. The van der Waals surface area contributed by atoms with Crippen molar-refractivity contribution >= 4 is 10.8 Å². The molecule has 0 aliphatic carbocycles. The van der Waals surface area contributed by atoms with Crippen molar-refractivity contribution < 1.29 is 9.60 Å². The molecular formula is C21H28FN3O. The van der Waals surface area contributed by atoms with Gasteiger partial charge in [-0.05, 0) is 72.3 Å². The standard InChI is InChI=1S/C19H22FN3O.C2H6/c20-17-4-3-14-2-1-13(9-16(14)11-17)10-19-18(12-23(24)22-19)15-5-7-21-8-6-15;1-2/h1-4,9,11-12,15,19,21-22,24H,5-8,10H2;1-2H3. The van der Waals surface area contributed by atoms with Gasteiger partial charge in [-0.2, -0.15) is 5.17 Å². The minimum absolute atomic E-state index is 0.0871. The van der Waals surface area contributed by atoms with E-state index in [1.165, 1.54) is 11.6 Å². The van der Waals surface area contributed by atoms with E-state index in [4.69, 9.17) is 0 Å². The summed E-state index contributed by atoms with van der Waals surface area (Å²) in [6.07, 6.45) is 4.79. The van der Waals surface area contributed by atoms with E-state index in [0.717, 1.165) is 53.9 Å². The Morgan fingerprint density at radius 3 is 2.58 bits per heavy atom. The molecule has 1 atom stereocenters. The van der Waals surface area contributed by atoms with Crippen LogP contribution in [0, 0.1) is 11.7 Å². The summed E-state index contributed by atoms with van der Waals surface area (Å²) in [4.78, 5) is 0. The number of halogens is 1. The molecule has 0 radical (unpaired) electrons. The Balaban J connectivity index is 0.000000948. The molecular weight excluding hydrogens is 329 g/mol. The summed E-state index contributed by atoms with van der Waals surface area (Å²) in [7, 11) is 0. The lowest BCUT2D eigenvalue weighted by molar-refractivity contribution is -0.0839. The molecule has 0 aromatic heterocycles. The van der Waals surface area contributed by atoms with E-state index in [1.54, 1.807) is 12.1 Å². The van der Waals surface area contributed by atoms with Crippen molar-refractivity contribution in [2.24, 2.45) is 5.92 Å². The quantitative estimate of drug-likeness (QED) is 0.777. The molecule has 1 fully saturated rings.